The molecule has 2 aromatic rings. The highest BCUT2D eigenvalue weighted by Crippen LogP contribution is 2.36. The Morgan fingerprint density at radius 1 is 1.23 bits per heavy atom. The maximum atomic E-state index is 12.1. The van der Waals surface area contributed by atoms with Crippen molar-refractivity contribution in [3.05, 3.63) is 23.8 Å². The first-order valence-electron chi connectivity index (χ1n) is 10.1. The lowest BCUT2D eigenvalue weighted by Gasteiger charge is -2.32. The molecule has 0 bridgehead atoms. The number of rotatable bonds is 7. The van der Waals surface area contributed by atoms with Crippen LogP contribution in [0.3, 0.4) is 0 Å². The van der Waals surface area contributed by atoms with Gasteiger partial charge in [-0.15, -0.1) is 0 Å². The molecule has 9 heteroatoms. The van der Waals surface area contributed by atoms with Crippen molar-refractivity contribution in [2.45, 2.75) is 24.9 Å². The van der Waals surface area contributed by atoms with E-state index < -0.39 is 0 Å². The van der Waals surface area contributed by atoms with E-state index in [4.69, 9.17) is 14.2 Å². The summed E-state index contributed by atoms with van der Waals surface area (Å²) in [6.45, 7) is 3.44. The van der Waals surface area contributed by atoms with Crippen molar-refractivity contribution in [2.75, 3.05) is 45.1 Å². The van der Waals surface area contributed by atoms with Crippen LogP contribution in [0.25, 0.3) is 11.3 Å². The molecule has 0 spiro atoms. The number of ether oxygens (including phenoxy) is 3. The van der Waals surface area contributed by atoms with Gasteiger partial charge in [0, 0.05) is 18.7 Å². The molecule has 2 heterocycles. The van der Waals surface area contributed by atoms with Crippen molar-refractivity contribution < 1.29 is 19.0 Å². The summed E-state index contributed by atoms with van der Waals surface area (Å²) in [6, 6.07) is 7.75. The predicted molar refractivity (Wildman–Crippen MR) is 119 cm³/mol. The summed E-state index contributed by atoms with van der Waals surface area (Å²) in [7, 11) is 3.14. The van der Waals surface area contributed by atoms with Gasteiger partial charge in [-0.05, 0) is 44.2 Å². The van der Waals surface area contributed by atoms with E-state index in [9.17, 15) is 10.1 Å². The Kier molecular flexibility index (Phi) is 7.58. The van der Waals surface area contributed by atoms with E-state index in [2.05, 4.69) is 20.9 Å². The maximum Gasteiger partial charge on any atom is 0.309 e. The Labute approximate surface area is 186 Å². The number of hydrogen-bond donors (Lipinski definition) is 0. The van der Waals surface area contributed by atoms with Crippen LogP contribution in [0.2, 0.25) is 0 Å². The van der Waals surface area contributed by atoms with E-state index in [1.165, 1.54) is 11.8 Å². The van der Waals surface area contributed by atoms with Crippen LogP contribution < -0.4 is 14.4 Å². The second kappa shape index (κ2) is 10.4. The molecule has 0 aliphatic carbocycles. The molecule has 1 aromatic carbocycles. The van der Waals surface area contributed by atoms with Crippen molar-refractivity contribution in [3.63, 3.8) is 0 Å². The summed E-state index contributed by atoms with van der Waals surface area (Å²) in [6.07, 6.45) is 3.22. The smallest absolute Gasteiger partial charge is 0.309 e. The number of carbonyl (C=O) groups is 1. The van der Waals surface area contributed by atoms with Crippen molar-refractivity contribution >= 4 is 23.5 Å². The van der Waals surface area contributed by atoms with Gasteiger partial charge in [-0.25, -0.2) is 9.97 Å². The topological polar surface area (TPSA) is 97.6 Å². The summed E-state index contributed by atoms with van der Waals surface area (Å²) in [5.41, 5.74) is 1.69. The van der Waals surface area contributed by atoms with Gasteiger partial charge in [0.25, 0.3) is 0 Å². The van der Waals surface area contributed by atoms with E-state index >= 15 is 0 Å². The zero-order valence-electron chi connectivity index (χ0n) is 18.2. The Balaban J connectivity index is 1.98. The van der Waals surface area contributed by atoms with Crippen LogP contribution >= 0.6 is 11.8 Å². The second-order valence-electron chi connectivity index (χ2n) is 6.95. The fourth-order valence-electron chi connectivity index (χ4n) is 3.63. The van der Waals surface area contributed by atoms with Crippen LogP contribution in [0.5, 0.6) is 11.5 Å². The third kappa shape index (κ3) is 4.85. The van der Waals surface area contributed by atoms with Gasteiger partial charge in [0.1, 0.15) is 11.6 Å². The van der Waals surface area contributed by atoms with Crippen molar-refractivity contribution in [1.82, 2.24) is 9.97 Å². The molecule has 0 radical (unpaired) electrons. The van der Waals surface area contributed by atoms with Crippen LogP contribution in [0.15, 0.2) is 23.4 Å². The average molecular weight is 443 g/mol. The summed E-state index contributed by atoms with van der Waals surface area (Å²) in [4.78, 5) is 23.4. The zero-order valence-corrected chi connectivity index (χ0v) is 19.0. The summed E-state index contributed by atoms with van der Waals surface area (Å²) in [5, 5.41) is 10.6. The minimum Gasteiger partial charge on any atom is -0.493 e. The highest BCUT2D eigenvalue weighted by molar-refractivity contribution is 7.98. The number of benzene rings is 1. The van der Waals surface area contributed by atoms with E-state index in [1.807, 2.05) is 25.3 Å². The molecule has 8 nitrogen and oxygen atoms in total. The Bertz CT molecular complexity index is 984. The first-order valence-corrected chi connectivity index (χ1v) is 11.3. The van der Waals surface area contributed by atoms with Gasteiger partial charge in [0.05, 0.1) is 32.4 Å². The molecule has 0 N–H and O–H groups in total. The number of aromatic nitrogens is 2. The largest absolute Gasteiger partial charge is 0.493 e. The van der Waals surface area contributed by atoms with E-state index in [0.717, 1.165) is 5.56 Å². The quantitative estimate of drug-likeness (QED) is 0.362. The molecule has 0 amide bonds. The summed E-state index contributed by atoms with van der Waals surface area (Å²) < 4.78 is 15.9. The highest BCUT2D eigenvalue weighted by Gasteiger charge is 2.29. The van der Waals surface area contributed by atoms with Gasteiger partial charge in [0.15, 0.2) is 22.5 Å². The van der Waals surface area contributed by atoms with Gasteiger partial charge in [-0.1, -0.05) is 11.8 Å². The monoisotopic (exact) mass is 442 g/mol. The molecule has 1 aromatic heterocycles. The Hall–Kier alpha value is -2.99. The third-order valence-corrected chi connectivity index (χ3v) is 5.78. The summed E-state index contributed by atoms with van der Waals surface area (Å²) in [5.74, 6) is 1.49. The van der Waals surface area contributed by atoms with Crippen molar-refractivity contribution in [3.8, 4) is 28.8 Å². The first kappa shape index (κ1) is 22.7. The van der Waals surface area contributed by atoms with Crippen LogP contribution in [-0.2, 0) is 9.53 Å². The SMILES string of the molecule is CCOC(=O)C1CCN(c2nc(SC)nc(-c3ccc(OC)c(OC)c3)c2C#N)CC1. The van der Waals surface area contributed by atoms with Gasteiger partial charge in [-0.2, -0.15) is 5.26 Å². The zero-order chi connectivity index (χ0) is 22.4. The molecule has 0 unspecified atom stereocenters. The molecule has 1 fully saturated rings. The summed E-state index contributed by atoms with van der Waals surface area (Å²) >= 11 is 1.42. The molecule has 1 aliphatic rings. The molecular formula is C22H26N4O4S. The number of anilines is 1. The standard InChI is InChI=1S/C22H26N4O4S/c1-5-30-21(27)14-8-10-26(11-9-14)20-16(13-23)19(24-22(25-20)31-4)15-6-7-17(28-2)18(12-15)29-3/h6-7,12,14H,5,8-11H2,1-4H3. The van der Waals surface area contributed by atoms with Crippen LogP contribution in [-0.4, -0.2) is 56.1 Å². The molecule has 164 valence electrons. The predicted octanol–water partition coefficient (Wildman–Crippen LogP) is 3.53. The number of methoxy groups -OCH3 is 2. The highest BCUT2D eigenvalue weighted by atomic mass is 32.2. The number of nitriles is 1. The molecule has 0 atom stereocenters. The first-order chi connectivity index (χ1) is 15.1. The van der Waals surface area contributed by atoms with Crippen LogP contribution in [0, 0.1) is 17.2 Å². The molecular weight excluding hydrogens is 416 g/mol. The molecule has 1 saturated heterocycles. The number of nitrogens with zero attached hydrogens (tertiary/aromatic N) is 4. The van der Waals surface area contributed by atoms with E-state index in [0.29, 0.717) is 66.3 Å². The maximum absolute atomic E-state index is 12.1. The van der Waals surface area contributed by atoms with E-state index in [-0.39, 0.29) is 11.9 Å². The van der Waals surface area contributed by atoms with E-state index in [1.54, 1.807) is 20.3 Å². The molecule has 31 heavy (non-hydrogen) atoms. The lowest BCUT2D eigenvalue weighted by Crippen LogP contribution is -2.38. The normalized spacial score (nSPS) is 14.1. The number of thioether (sulfide) groups is 1. The molecule has 0 saturated carbocycles. The van der Waals surface area contributed by atoms with Gasteiger partial charge >= 0.3 is 5.97 Å². The van der Waals surface area contributed by atoms with Gasteiger partial charge in [-0.3, -0.25) is 4.79 Å². The fraction of sp³-hybridized carbons (Fsp3) is 0.455. The number of hydrogen-bond acceptors (Lipinski definition) is 9. The minimum absolute atomic E-state index is 0.117. The molecule has 3 rings (SSSR count). The lowest BCUT2D eigenvalue weighted by atomic mass is 9.96. The lowest BCUT2D eigenvalue weighted by molar-refractivity contribution is -0.148. The van der Waals surface area contributed by atoms with Crippen LogP contribution in [0.4, 0.5) is 5.82 Å². The fourth-order valence-corrected chi connectivity index (χ4v) is 3.99. The number of piperidine rings is 1. The van der Waals surface area contributed by atoms with Gasteiger partial charge in [0.2, 0.25) is 0 Å². The van der Waals surface area contributed by atoms with Crippen molar-refractivity contribution in [2.24, 2.45) is 5.92 Å². The number of carbonyl (C=O) groups excluding carboxylic acids is 1. The molecule has 1 aliphatic heterocycles. The van der Waals surface area contributed by atoms with Crippen molar-refractivity contribution in [1.29, 1.82) is 5.26 Å². The second-order valence-corrected chi connectivity index (χ2v) is 7.73. The average Bonchev–Trinajstić information content (AvgIpc) is 2.82. The number of esters is 1. The third-order valence-electron chi connectivity index (χ3n) is 5.24. The van der Waals surface area contributed by atoms with Crippen LogP contribution in [0.1, 0.15) is 25.3 Å². The Morgan fingerprint density at radius 3 is 2.52 bits per heavy atom. The minimum atomic E-state index is -0.152. The van der Waals surface area contributed by atoms with Gasteiger partial charge < -0.3 is 19.1 Å². The Morgan fingerprint density at radius 2 is 1.94 bits per heavy atom.